The van der Waals surface area contributed by atoms with E-state index in [9.17, 15) is 19.7 Å². The Morgan fingerprint density at radius 3 is 2.86 bits per heavy atom. The van der Waals surface area contributed by atoms with Crippen molar-refractivity contribution in [3.8, 4) is 0 Å². The molecule has 0 aliphatic rings. The maximum atomic E-state index is 11.5. The molecule has 0 radical (unpaired) electrons. The largest absolute Gasteiger partial charge is 0.469 e. The van der Waals surface area contributed by atoms with Crippen LogP contribution in [0.3, 0.4) is 0 Å². The van der Waals surface area contributed by atoms with Gasteiger partial charge in [-0.15, -0.1) is 0 Å². The summed E-state index contributed by atoms with van der Waals surface area (Å²) >= 11 is 0. The van der Waals surface area contributed by atoms with E-state index in [1.54, 1.807) is 12.1 Å². The molecule has 0 bridgehead atoms. The number of nitro benzene ring substituents is 1. The van der Waals surface area contributed by atoms with Crippen molar-refractivity contribution in [1.82, 2.24) is 5.32 Å². The molecule has 7 heteroatoms. The van der Waals surface area contributed by atoms with Gasteiger partial charge in [0.15, 0.2) is 0 Å². The van der Waals surface area contributed by atoms with Gasteiger partial charge in [0.25, 0.3) is 5.69 Å². The van der Waals surface area contributed by atoms with Crippen LogP contribution in [0.5, 0.6) is 0 Å². The average molecular weight is 292 g/mol. The average Bonchev–Trinajstić information content (AvgIpc) is 2.49. The number of ether oxygens (including phenoxy) is 1. The Kier molecular flexibility index (Phi) is 6.59. The highest BCUT2D eigenvalue weighted by molar-refractivity contribution is 5.91. The summed E-state index contributed by atoms with van der Waals surface area (Å²) in [7, 11) is 1.31. The Morgan fingerprint density at radius 1 is 1.43 bits per heavy atom. The Labute approximate surface area is 121 Å². The Morgan fingerprint density at radius 2 is 2.19 bits per heavy atom. The second-order valence-electron chi connectivity index (χ2n) is 4.16. The number of hydrogen-bond donors (Lipinski definition) is 1. The van der Waals surface area contributed by atoms with Crippen LogP contribution in [0.15, 0.2) is 30.3 Å². The summed E-state index contributed by atoms with van der Waals surface area (Å²) in [5.74, 6) is -0.650. The predicted molar refractivity (Wildman–Crippen MR) is 76.4 cm³/mol. The lowest BCUT2D eigenvalue weighted by atomic mass is 10.2. The van der Waals surface area contributed by atoms with E-state index in [1.165, 1.54) is 31.4 Å². The van der Waals surface area contributed by atoms with Gasteiger partial charge in [0, 0.05) is 31.2 Å². The van der Waals surface area contributed by atoms with Crippen LogP contribution in [0, 0.1) is 10.1 Å². The monoisotopic (exact) mass is 292 g/mol. The summed E-state index contributed by atoms with van der Waals surface area (Å²) in [6, 6.07) is 5.96. The van der Waals surface area contributed by atoms with Gasteiger partial charge in [0.1, 0.15) is 0 Å². The van der Waals surface area contributed by atoms with Crippen LogP contribution in [-0.2, 0) is 14.3 Å². The zero-order valence-electron chi connectivity index (χ0n) is 11.6. The summed E-state index contributed by atoms with van der Waals surface area (Å²) in [5, 5.41) is 13.2. The van der Waals surface area contributed by atoms with E-state index < -0.39 is 4.92 Å². The molecule has 0 aliphatic heterocycles. The van der Waals surface area contributed by atoms with E-state index in [1.807, 2.05) is 0 Å². The lowest BCUT2D eigenvalue weighted by Crippen LogP contribution is -2.22. The molecular formula is C14H16N2O5. The third-order valence-electron chi connectivity index (χ3n) is 2.59. The van der Waals surface area contributed by atoms with E-state index in [0.717, 1.165) is 0 Å². The van der Waals surface area contributed by atoms with Crippen LogP contribution in [-0.4, -0.2) is 30.5 Å². The number of methoxy groups -OCH3 is 1. The van der Waals surface area contributed by atoms with Crippen molar-refractivity contribution < 1.29 is 19.2 Å². The van der Waals surface area contributed by atoms with Crippen molar-refractivity contribution in [3.05, 3.63) is 46.0 Å². The number of carbonyl (C=O) groups excluding carboxylic acids is 2. The standard InChI is InChI=1S/C14H16N2O5/c1-21-14(18)6-3-9-15-13(17)8-7-11-4-2-5-12(10-11)16(19)20/h2,4-5,7-8,10H,3,6,9H2,1H3,(H,15,17)/b8-7+. The van der Waals surface area contributed by atoms with Gasteiger partial charge in [0.05, 0.1) is 12.0 Å². The molecule has 0 saturated heterocycles. The van der Waals surface area contributed by atoms with E-state index in [-0.39, 0.29) is 24.0 Å². The summed E-state index contributed by atoms with van der Waals surface area (Å²) in [6.45, 7) is 0.354. The lowest BCUT2D eigenvalue weighted by Gasteiger charge is -2.01. The third kappa shape index (κ3) is 6.33. The van der Waals surface area contributed by atoms with Crippen molar-refractivity contribution in [1.29, 1.82) is 0 Å². The fourth-order valence-electron chi connectivity index (χ4n) is 1.52. The van der Waals surface area contributed by atoms with Gasteiger partial charge in [0.2, 0.25) is 5.91 Å². The SMILES string of the molecule is COC(=O)CCCNC(=O)/C=C/c1cccc([N+](=O)[O-])c1. The minimum atomic E-state index is -0.496. The van der Waals surface area contributed by atoms with Crippen LogP contribution in [0.25, 0.3) is 6.08 Å². The fourth-order valence-corrected chi connectivity index (χ4v) is 1.52. The number of carbonyl (C=O) groups is 2. The van der Waals surface area contributed by atoms with Crippen LogP contribution in [0.2, 0.25) is 0 Å². The van der Waals surface area contributed by atoms with Crippen LogP contribution in [0.4, 0.5) is 5.69 Å². The molecule has 1 rings (SSSR count). The number of benzene rings is 1. The molecular weight excluding hydrogens is 276 g/mol. The summed E-state index contributed by atoms with van der Waals surface area (Å²) in [6.07, 6.45) is 3.51. The van der Waals surface area contributed by atoms with Crippen molar-refractivity contribution in [3.63, 3.8) is 0 Å². The minimum absolute atomic E-state index is 0.0318. The van der Waals surface area contributed by atoms with Crippen molar-refractivity contribution in [2.75, 3.05) is 13.7 Å². The lowest BCUT2D eigenvalue weighted by molar-refractivity contribution is -0.384. The van der Waals surface area contributed by atoms with Gasteiger partial charge < -0.3 is 10.1 Å². The number of non-ortho nitro benzene ring substituents is 1. The fraction of sp³-hybridized carbons (Fsp3) is 0.286. The number of hydrogen-bond acceptors (Lipinski definition) is 5. The first-order chi connectivity index (χ1) is 10.0. The summed E-state index contributed by atoms with van der Waals surface area (Å²) in [4.78, 5) is 32.5. The molecule has 0 fully saturated rings. The maximum absolute atomic E-state index is 11.5. The highest BCUT2D eigenvalue weighted by Crippen LogP contribution is 2.13. The molecule has 1 N–H and O–H groups in total. The van der Waals surface area contributed by atoms with Gasteiger partial charge in [-0.3, -0.25) is 19.7 Å². The van der Waals surface area contributed by atoms with Crippen LogP contribution in [0.1, 0.15) is 18.4 Å². The van der Waals surface area contributed by atoms with E-state index in [4.69, 9.17) is 0 Å². The number of rotatable bonds is 7. The Bertz CT molecular complexity index is 554. The smallest absolute Gasteiger partial charge is 0.305 e. The van der Waals surface area contributed by atoms with Gasteiger partial charge in [-0.1, -0.05) is 12.1 Å². The number of esters is 1. The molecule has 0 heterocycles. The van der Waals surface area contributed by atoms with Crippen LogP contribution < -0.4 is 5.32 Å². The zero-order chi connectivity index (χ0) is 15.7. The molecule has 1 amide bonds. The number of nitro groups is 1. The van der Waals surface area contributed by atoms with E-state index in [2.05, 4.69) is 10.1 Å². The first-order valence-electron chi connectivity index (χ1n) is 6.30. The van der Waals surface area contributed by atoms with Gasteiger partial charge in [-0.25, -0.2) is 0 Å². The Hall–Kier alpha value is -2.70. The number of nitrogens with zero attached hydrogens (tertiary/aromatic N) is 1. The molecule has 1 aromatic rings. The normalized spacial score (nSPS) is 10.3. The van der Waals surface area contributed by atoms with Crippen molar-refractivity contribution >= 4 is 23.6 Å². The summed E-state index contributed by atoms with van der Waals surface area (Å²) < 4.78 is 4.47. The quantitative estimate of drug-likeness (QED) is 0.271. The first kappa shape index (κ1) is 16.4. The molecule has 0 spiro atoms. The third-order valence-corrected chi connectivity index (χ3v) is 2.59. The van der Waals surface area contributed by atoms with Gasteiger partial charge >= 0.3 is 5.97 Å². The maximum Gasteiger partial charge on any atom is 0.305 e. The second-order valence-corrected chi connectivity index (χ2v) is 4.16. The molecule has 0 atom stereocenters. The predicted octanol–water partition coefficient (Wildman–Crippen LogP) is 1.68. The highest BCUT2D eigenvalue weighted by atomic mass is 16.6. The number of nitrogens with one attached hydrogen (secondary N) is 1. The van der Waals surface area contributed by atoms with E-state index in [0.29, 0.717) is 18.5 Å². The second kappa shape index (κ2) is 8.47. The van der Waals surface area contributed by atoms with E-state index >= 15 is 0 Å². The molecule has 21 heavy (non-hydrogen) atoms. The molecule has 0 unspecified atom stereocenters. The van der Waals surface area contributed by atoms with Crippen LogP contribution >= 0.6 is 0 Å². The molecule has 112 valence electrons. The minimum Gasteiger partial charge on any atom is -0.469 e. The summed E-state index contributed by atoms with van der Waals surface area (Å²) in [5.41, 5.74) is 0.532. The Balaban J connectivity index is 2.42. The zero-order valence-corrected chi connectivity index (χ0v) is 11.6. The van der Waals surface area contributed by atoms with Crippen molar-refractivity contribution in [2.24, 2.45) is 0 Å². The first-order valence-corrected chi connectivity index (χ1v) is 6.30. The number of amides is 1. The molecule has 1 aromatic carbocycles. The molecule has 7 nitrogen and oxygen atoms in total. The molecule has 0 saturated carbocycles. The van der Waals surface area contributed by atoms with Gasteiger partial charge in [-0.2, -0.15) is 0 Å². The molecule has 0 aliphatic carbocycles. The topological polar surface area (TPSA) is 98.5 Å². The van der Waals surface area contributed by atoms with Gasteiger partial charge in [-0.05, 0) is 18.1 Å². The molecule has 0 aromatic heterocycles. The van der Waals surface area contributed by atoms with Crippen molar-refractivity contribution in [2.45, 2.75) is 12.8 Å². The highest BCUT2D eigenvalue weighted by Gasteiger charge is 2.04.